The first-order chi connectivity index (χ1) is 16.9. The fraction of sp³-hybridized carbons (Fsp3) is 0.125. The third kappa shape index (κ3) is 4.33. The normalized spacial score (nSPS) is 11.5. The third-order valence-corrected chi connectivity index (χ3v) is 5.73. The molecule has 4 rings (SSSR count). The number of carbonyl (C=O) groups excluding carboxylic acids is 1. The molecule has 0 spiro atoms. The molecule has 4 aromatic rings. The van der Waals surface area contributed by atoms with Crippen molar-refractivity contribution < 1.29 is 27.1 Å². The van der Waals surface area contributed by atoms with E-state index in [1.54, 1.807) is 24.3 Å². The maximum atomic E-state index is 15.2. The average molecular weight is 522 g/mol. The van der Waals surface area contributed by atoms with Crippen LogP contribution in [0.3, 0.4) is 0 Å². The Morgan fingerprint density at radius 3 is 2.33 bits per heavy atom. The van der Waals surface area contributed by atoms with Crippen molar-refractivity contribution in [3.63, 3.8) is 0 Å². The molecule has 0 saturated heterocycles. The van der Waals surface area contributed by atoms with Gasteiger partial charge in [-0.3, -0.25) is 14.2 Å². The molecule has 3 aromatic carbocycles. The summed E-state index contributed by atoms with van der Waals surface area (Å²) in [4.78, 5) is 38.6. The van der Waals surface area contributed by atoms with Crippen molar-refractivity contribution in [3.8, 4) is 11.4 Å². The number of carbonyl (C=O) groups is 1. The Morgan fingerprint density at radius 1 is 1.03 bits per heavy atom. The van der Waals surface area contributed by atoms with Gasteiger partial charge in [-0.15, -0.1) is 0 Å². The summed E-state index contributed by atoms with van der Waals surface area (Å²) in [5, 5.41) is 3.65. The molecule has 0 saturated carbocycles. The molecular weight excluding hydrogens is 506 g/mol. The van der Waals surface area contributed by atoms with Crippen molar-refractivity contribution in [2.24, 2.45) is 7.05 Å². The molecule has 1 amide bonds. The topological polar surface area (TPSA) is 82.3 Å². The van der Waals surface area contributed by atoms with Crippen molar-refractivity contribution in [2.75, 3.05) is 12.4 Å². The largest absolute Gasteiger partial charge is 0.493 e. The first-order valence-electron chi connectivity index (χ1n) is 10.2. The molecule has 0 bridgehead atoms. The first-order valence-corrected chi connectivity index (χ1v) is 10.6. The maximum Gasteiger partial charge on any atom is 0.431 e. The molecule has 0 aliphatic heterocycles. The standard InChI is InChI=1S/C24H16ClF4N3O4/c1-31-17(24(27,28)29)11-18(33)32(23(31)35)20-16(26)10-15(25)21(36-2)19(20)30-22(34)14-8-7-12-5-3-4-6-13(12)9-14/h3-11H,1-2H3,(H,30,34). The minimum absolute atomic E-state index is 0.134. The van der Waals surface area contributed by atoms with E-state index in [-0.39, 0.29) is 31.5 Å². The average Bonchev–Trinajstić information content (AvgIpc) is 2.82. The summed E-state index contributed by atoms with van der Waals surface area (Å²) in [5.41, 5.74) is -5.72. The number of rotatable bonds is 4. The van der Waals surface area contributed by atoms with Crippen molar-refractivity contribution in [2.45, 2.75) is 6.18 Å². The number of nitrogens with zero attached hydrogens (tertiary/aromatic N) is 2. The number of methoxy groups -OCH3 is 1. The van der Waals surface area contributed by atoms with E-state index < -0.39 is 46.2 Å². The van der Waals surface area contributed by atoms with E-state index in [9.17, 15) is 27.6 Å². The predicted molar refractivity (Wildman–Crippen MR) is 126 cm³/mol. The summed E-state index contributed by atoms with van der Waals surface area (Å²) in [6.45, 7) is 0. The van der Waals surface area contributed by atoms with Crippen LogP contribution < -0.4 is 21.3 Å². The Labute approximate surface area is 205 Å². The molecule has 0 aliphatic rings. The number of hydrogen-bond acceptors (Lipinski definition) is 4. The van der Waals surface area contributed by atoms with E-state index in [0.717, 1.165) is 24.9 Å². The molecule has 12 heteroatoms. The van der Waals surface area contributed by atoms with Crippen LogP contribution in [0.4, 0.5) is 23.2 Å². The number of anilines is 1. The fourth-order valence-corrected chi connectivity index (χ4v) is 4.01. The number of nitrogens with one attached hydrogen (secondary N) is 1. The number of halogens is 5. The fourth-order valence-electron chi connectivity index (χ4n) is 3.75. The predicted octanol–water partition coefficient (Wildman–Crippen LogP) is 4.76. The Kier molecular flexibility index (Phi) is 6.35. The van der Waals surface area contributed by atoms with Gasteiger partial charge in [-0.1, -0.05) is 41.9 Å². The number of aromatic nitrogens is 2. The van der Waals surface area contributed by atoms with Crippen LogP contribution in [0.2, 0.25) is 5.02 Å². The van der Waals surface area contributed by atoms with Crippen LogP contribution in [0.15, 0.2) is 64.2 Å². The lowest BCUT2D eigenvalue weighted by molar-refractivity contribution is -0.144. The Hall–Kier alpha value is -4.12. The van der Waals surface area contributed by atoms with Gasteiger partial charge in [0, 0.05) is 18.7 Å². The van der Waals surface area contributed by atoms with Crippen molar-refractivity contribution in [3.05, 3.63) is 97.5 Å². The highest BCUT2D eigenvalue weighted by Crippen LogP contribution is 2.39. The Bertz CT molecular complexity index is 1640. The van der Waals surface area contributed by atoms with Crippen molar-refractivity contribution in [1.29, 1.82) is 0 Å². The molecule has 0 radical (unpaired) electrons. The molecule has 0 unspecified atom stereocenters. The quantitative estimate of drug-likeness (QED) is 0.393. The van der Waals surface area contributed by atoms with Gasteiger partial charge in [0.15, 0.2) is 11.6 Å². The Balaban J connectivity index is 1.94. The van der Waals surface area contributed by atoms with E-state index in [2.05, 4.69) is 5.32 Å². The minimum atomic E-state index is -5.02. The summed E-state index contributed by atoms with van der Waals surface area (Å²) in [5.74, 6) is -2.34. The Morgan fingerprint density at radius 2 is 1.69 bits per heavy atom. The number of fused-ring (bicyclic) bond motifs is 1. The third-order valence-electron chi connectivity index (χ3n) is 5.45. The van der Waals surface area contributed by atoms with Crippen LogP contribution in [0.5, 0.6) is 5.75 Å². The van der Waals surface area contributed by atoms with Crippen LogP contribution in [0, 0.1) is 5.82 Å². The smallest absolute Gasteiger partial charge is 0.431 e. The number of ether oxygens (including phenoxy) is 1. The summed E-state index contributed by atoms with van der Waals surface area (Å²) in [6, 6.07) is 12.8. The van der Waals surface area contributed by atoms with Gasteiger partial charge in [0.25, 0.3) is 11.5 Å². The minimum Gasteiger partial charge on any atom is -0.493 e. The summed E-state index contributed by atoms with van der Waals surface area (Å²) in [7, 11) is 1.92. The van der Waals surface area contributed by atoms with Crippen LogP contribution in [-0.4, -0.2) is 22.2 Å². The van der Waals surface area contributed by atoms with E-state index in [0.29, 0.717) is 6.07 Å². The maximum absolute atomic E-state index is 15.2. The van der Waals surface area contributed by atoms with Crippen LogP contribution in [0.25, 0.3) is 16.5 Å². The molecule has 7 nitrogen and oxygen atoms in total. The van der Waals surface area contributed by atoms with Gasteiger partial charge in [0.1, 0.15) is 17.1 Å². The molecule has 1 aromatic heterocycles. The van der Waals surface area contributed by atoms with Gasteiger partial charge >= 0.3 is 11.9 Å². The van der Waals surface area contributed by atoms with E-state index in [1.807, 2.05) is 12.1 Å². The van der Waals surface area contributed by atoms with Crippen LogP contribution in [-0.2, 0) is 13.2 Å². The van der Waals surface area contributed by atoms with Crippen LogP contribution >= 0.6 is 11.6 Å². The number of hydrogen-bond donors (Lipinski definition) is 1. The van der Waals surface area contributed by atoms with Crippen molar-refractivity contribution in [1.82, 2.24) is 9.13 Å². The van der Waals surface area contributed by atoms with Crippen molar-refractivity contribution >= 4 is 34.0 Å². The highest BCUT2D eigenvalue weighted by Gasteiger charge is 2.36. The molecule has 1 heterocycles. The van der Waals surface area contributed by atoms with Gasteiger partial charge in [-0.2, -0.15) is 13.2 Å². The van der Waals surface area contributed by atoms with E-state index >= 15 is 4.39 Å². The lowest BCUT2D eigenvalue weighted by Crippen LogP contribution is -2.41. The number of benzene rings is 3. The molecule has 0 aliphatic carbocycles. The zero-order valence-corrected chi connectivity index (χ0v) is 19.4. The molecule has 1 N–H and O–H groups in total. The number of amides is 1. The highest BCUT2D eigenvalue weighted by molar-refractivity contribution is 6.33. The zero-order valence-electron chi connectivity index (χ0n) is 18.6. The van der Waals surface area contributed by atoms with E-state index in [4.69, 9.17) is 16.3 Å². The summed E-state index contributed by atoms with van der Waals surface area (Å²) < 4.78 is 60.5. The second kappa shape index (κ2) is 9.15. The lowest BCUT2D eigenvalue weighted by atomic mass is 10.1. The first kappa shape index (κ1) is 25.0. The second-order valence-corrected chi connectivity index (χ2v) is 8.06. The van der Waals surface area contributed by atoms with Gasteiger partial charge in [-0.05, 0) is 29.0 Å². The molecular formula is C24H16ClF4N3O4. The second-order valence-electron chi connectivity index (χ2n) is 7.66. The SMILES string of the molecule is COc1c(Cl)cc(F)c(-n2c(=O)cc(C(F)(F)F)n(C)c2=O)c1NC(=O)c1ccc2ccccc2c1. The van der Waals surface area contributed by atoms with Gasteiger partial charge < -0.3 is 10.1 Å². The summed E-state index contributed by atoms with van der Waals surface area (Å²) in [6.07, 6.45) is -5.02. The lowest BCUT2D eigenvalue weighted by Gasteiger charge is -2.19. The molecule has 0 atom stereocenters. The molecule has 0 fully saturated rings. The zero-order chi connectivity index (χ0) is 26.4. The molecule has 36 heavy (non-hydrogen) atoms. The number of alkyl halides is 3. The monoisotopic (exact) mass is 521 g/mol. The summed E-state index contributed by atoms with van der Waals surface area (Å²) >= 11 is 6.06. The molecule has 186 valence electrons. The van der Waals surface area contributed by atoms with Gasteiger partial charge in [-0.25, -0.2) is 13.8 Å². The highest BCUT2D eigenvalue weighted by atomic mass is 35.5. The van der Waals surface area contributed by atoms with E-state index in [1.165, 1.54) is 6.07 Å². The van der Waals surface area contributed by atoms with Crippen LogP contribution in [0.1, 0.15) is 16.1 Å². The van der Waals surface area contributed by atoms with Gasteiger partial charge in [0.05, 0.1) is 12.1 Å². The van der Waals surface area contributed by atoms with Gasteiger partial charge in [0.2, 0.25) is 0 Å².